The molecule has 1 atom stereocenters. The summed E-state index contributed by atoms with van der Waals surface area (Å²) in [7, 11) is 0. The number of amides is 1. The maximum absolute atomic E-state index is 13.3. The van der Waals surface area contributed by atoms with Crippen molar-refractivity contribution in [1.82, 2.24) is 24.9 Å². The van der Waals surface area contributed by atoms with Crippen LogP contribution in [-0.4, -0.2) is 56.2 Å². The van der Waals surface area contributed by atoms with Gasteiger partial charge in [0.2, 0.25) is 5.88 Å². The van der Waals surface area contributed by atoms with E-state index in [4.69, 9.17) is 4.74 Å². The highest BCUT2D eigenvalue weighted by Gasteiger charge is 2.28. The maximum atomic E-state index is 13.3. The second-order valence-corrected chi connectivity index (χ2v) is 7.62. The predicted molar refractivity (Wildman–Crippen MR) is 112 cm³/mol. The van der Waals surface area contributed by atoms with Crippen molar-refractivity contribution in [3.63, 3.8) is 0 Å². The molecule has 0 spiro atoms. The number of aromatic nitrogens is 4. The van der Waals surface area contributed by atoms with Gasteiger partial charge in [0.05, 0.1) is 30.2 Å². The zero-order valence-electron chi connectivity index (χ0n) is 16.4. The number of nitrogens with zero attached hydrogens (tertiary/aromatic N) is 6. The summed E-state index contributed by atoms with van der Waals surface area (Å²) < 4.78 is 6.07. The Morgan fingerprint density at radius 3 is 2.80 bits per heavy atom. The molecule has 2 aromatic heterocycles. The summed E-state index contributed by atoms with van der Waals surface area (Å²) >= 11 is 1.48. The Balaban J connectivity index is 1.53. The van der Waals surface area contributed by atoms with Gasteiger partial charge < -0.3 is 9.64 Å². The fourth-order valence-corrected chi connectivity index (χ4v) is 4.04. The number of likely N-dealkylation sites (tertiary alicyclic amines) is 1. The third-order valence-electron chi connectivity index (χ3n) is 4.92. The van der Waals surface area contributed by atoms with E-state index in [9.17, 15) is 10.1 Å². The fourth-order valence-electron chi connectivity index (χ4n) is 3.50. The van der Waals surface area contributed by atoms with E-state index in [1.807, 2.05) is 24.5 Å². The number of rotatable bonds is 5. The van der Waals surface area contributed by atoms with Gasteiger partial charge in [-0.15, -0.1) is 11.8 Å². The molecule has 0 unspecified atom stereocenters. The lowest BCUT2D eigenvalue weighted by atomic mass is 10.1. The summed E-state index contributed by atoms with van der Waals surface area (Å²) in [6, 6.07) is 11.3. The van der Waals surface area contributed by atoms with E-state index in [2.05, 4.69) is 21.3 Å². The monoisotopic (exact) mass is 420 g/mol. The molecule has 0 aliphatic carbocycles. The highest BCUT2D eigenvalue weighted by Crippen LogP contribution is 2.28. The van der Waals surface area contributed by atoms with E-state index in [1.165, 1.54) is 16.6 Å². The third kappa shape index (κ3) is 4.00. The normalized spacial score (nSPS) is 16.1. The first-order chi connectivity index (χ1) is 14.7. The molecule has 0 bridgehead atoms. The van der Waals surface area contributed by atoms with Crippen molar-refractivity contribution < 1.29 is 9.53 Å². The topological polar surface area (TPSA) is 96.9 Å². The van der Waals surface area contributed by atoms with E-state index >= 15 is 0 Å². The number of benzene rings is 1. The number of piperidine rings is 1. The molecule has 1 fully saturated rings. The van der Waals surface area contributed by atoms with Gasteiger partial charge >= 0.3 is 0 Å². The van der Waals surface area contributed by atoms with Crippen LogP contribution in [0.2, 0.25) is 0 Å². The summed E-state index contributed by atoms with van der Waals surface area (Å²) in [6.45, 7) is 1.07. The van der Waals surface area contributed by atoms with Crippen LogP contribution >= 0.6 is 11.8 Å². The zero-order valence-corrected chi connectivity index (χ0v) is 17.2. The first-order valence-electron chi connectivity index (χ1n) is 9.56. The van der Waals surface area contributed by atoms with Crippen molar-refractivity contribution in [1.29, 1.82) is 5.26 Å². The van der Waals surface area contributed by atoms with Gasteiger partial charge in [0.15, 0.2) is 0 Å². The molecule has 0 radical (unpaired) electrons. The second kappa shape index (κ2) is 8.97. The Bertz CT molecular complexity index is 1080. The quantitative estimate of drug-likeness (QED) is 0.586. The maximum Gasteiger partial charge on any atom is 0.256 e. The first kappa shape index (κ1) is 19.9. The number of hydrogen-bond donors (Lipinski definition) is 0. The van der Waals surface area contributed by atoms with Crippen LogP contribution in [0.25, 0.3) is 5.69 Å². The molecule has 3 heterocycles. The standard InChI is InChI=1S/C21H20N6O2S/c1-30-19-8-9-23-20(17(19)13-22)29-15-5-4-12-26(14-15)21(28)16-6-2-3-7-18(16)27-24-10-11-25-27/h2-3,6-11,15H,4-5,12,14H2,1H3/t15-/m1/s1. The van der Waals surface area contributed by atoms with E-state index in [-0.39, 0.29) is 12.0 Å². The zero-order chi connectivity index (χ0) is 20.9. The van der Waals surface area contributed by atoms with E-state index < -0.39 is 0 Å². The smallest absolute Gasteiger partial charge is 0.256 e. The van der Waals surface area contributed by atoms with Crippen LogP contribution in [-0.2, 0) is 0 Å². The highest BCUT2D eigenvalue weighted by molar-refractivity contribution is 7.98. The van der Waals surface area contributed by atoms with Gasteiger partial charge in [-0.3, -0.25) is 4.79 Å². The summed E-state index contributed by atoms with van der Waals surface area (Å²) in [5, 5.41) is 17.8. The average Bonchev–Trinajstić information content (AvgIpc) is 3.33. The molecule has 1 amide bonds. The summed E-state index contributed by atoms with van der Waals surface area (Å²) in [5.41, 5.74) is 1.61. The molecular formula is C21H20N6O2S. The van der Waals surface area contributed by atoms with Gasteiger partial charge in [-0.2, -0.15) is 20.3 Å². The molecule has 0 N–H and O–H groups in total. The Morgan fingerprint density at radius 1 is 1.23 bits per heavy atom. The SMILES string of the molecule is CSc1ccnc(O[C@@H]2CCCN(C(=O)c3ccccc3-n3nccn3)C2)c1C#N. The Hall–Kier alpha value is -3.38. The van der Waals surface area contributed by atoms with Crippen molar-refractivity contribution in [3.8, 4) is 17.6 Å². The van der Waals surface area contributed by atoms with Crippen LogP contribution in [0.3, 0.4) is 0 Å². The molecule has 3 aromatic rings. The van der Waals surface area contributed by atoms with Gasteiger partial charge in [-0.05, 0) is 37.3 Å². The number of para-hydroxylation sites is 1. The minimum absolute atomic E-state index is 0.0949. The van der Waals surface area contributed by atoms with Crippen LogP contribution in [0.15, 0.2) is 53.8 Å². The minimum Gasteiger partial charge on any atom is -0.471 e. The van der Waals surface area contributed by atoms with Crippen LogP contribution in [0.1, 0.15) is 28.8 Å². The molecule has 9 heteroatoms. The van der Waals surface area contributed by atoms with Crippen LogP contribution in [0, 0.1) is 11.3 Å². The third-order valence-corrected chi connectivity index (χ3v) is 5.70. The molecule has 4 rings (SSSR count). The number of carbonyl (C=O) groups excluding carboxylic acids is 1. The number of hydrogen-bond acceptors (Lipinski definition) is 7. The van der Waals surface area contributed by atoms with Crippen molar-refractivity contribution in [2.24, 2.45) is 0 Å². The summed E-state index contributed by atoms with van der Waals surface area (Å²) in [5.74, 6) is 0.229. The molecule has 1 saturated heterocycles. The van der Waals surface area contributed by atoms with E-state index in [0.717, 1.165) is 17.7 Å². The van der Waals surface area contributed by atoms with Crippen molar-refractivity contribution >= 4 is 17.7 Å². The Labute approximate surface area is 178 Å². The van der Waals surface area contributed by atoms with Gasteiger partial charge in [-0.25, -0.2) is 4.98 Å². The first-order valence-corrected chi connectivity index (χ1v) is 10.8. The Morgan fingerprint density at radius 2 is 2.03 bits per heavy atom. The molecule has 1 aromatic carbocycles. The van der Waals surface area contributed by atoms with Gasteiger partial charge in [0.1, 0.15) is 17.7 Å². The van der Waals surface area contributed by atoms with E-state index in [1.54, 1.807) is 35.6 Å². The number of pyridine rings is 1. The minimum atomic E-state index is -0.227. The number of nitriles is 1. The fraction of sp³-hybridized carbons (Fsp3) is 0.286. The molecule has 8 nitrogen and oxygen atoms in total. The summed E-state index contributed by atoms with van der Waals surface area (Å²) in [4.78, 5) is 21.6. The lowest BCUT2D eigenvalue weighted by Gasteiger charge is -2.33. The van der Waals surface area contributed by atoms with Gasteiger partial charge in [0.25, 0.3) is 5.91 Å². The predicted octanol–water partition coefficient (Wildman–Crippen LogP) is 2.94. The molecule has 152 valence electrons. The number of thioether (sulfide) groups is 1. The molecule has 0 saturated carbocycles. The molecule has 1 aliphatic rings. The molecule has 30 heavy (non-hydrogen) atoms. The second-order valence-electron chi connectivity index (χ2n) is 6.77. The number of carbonyl (C=O) groups is 1. The van der Waals surface area contributed by atoms with Crippen molar-refractivity contribution in [2.45, 2.75) is 23.8 Å². The van der Waals surface area contributed by atoms with Crippen molar-refractivity contribution in [3.05, 3.63) is 60.0 Å². The highest BCUT2D eigenvalue weighted by atomic mass is 32.2. The lowest BCUT2D eigenvalue weighted by molar-refractivity contribution is 0.0526. The van der Waals surface area contributed by atoms with Crippen LogP contribution in [0.5, 0.6) is 5.88 Å². The average molecular weight is 420 g/mol. The van der Waals surface area contributed by atoms with Gasteiger partial charge in [0, 0.05) is 17.6 Å². The van der Waals surface area contributed by atoms with Crippen LogP contribution < -0.4 is 4.74 Å². The number of ether oxygens (including phenoxy) is 1. The van der Waals surface area contributed by atoms with E-state index in [0.29, 0.717) is 35.8 Å². The molecule has 1 aliphatic heterocycles. The largest absolute Gasteiger partial charge is 0.471 e. The van der Waals surface area contributed by atoms with Gasteiger partial charge in [-0.1, -0.05) is 12.1 Å². The van der Waals surface area contributed by atoms with Crippen molar-refractivity contribution in [2.75, 3.05) is 19.3 Å². The summed E-state index contributed by atoms with van der Waals surface area (Å²) in [6.07, 6.45) is 8.08. The Kier molecular flexibility index (Phi) is 5.95. The lowest BCUT2D eigenvalue weighted by Crippen LogP contribution is -2.44. The van der Waals surface area contributed by atoms with Crippen LogP contribution in [0.4, 0.5) is 0 Å². The molecular weight excluding hydrogens is 400 g/mol.